The minimum atomic E-state index is -4.17. The zero-order chi connectivity index (χ0) is 26.7. The number of anilines is 2. The Balaban J connectivity index is 1.74. The first-order chi connectivity index (χ1) is 17.6. The van der Waals surface area contributed by atoms with Crippen molar-refractivity contribution in [2.45, 2.75) is 20.8 Å². The van der Waals surface area contributed by atoms with Crippen LogP contribution in [0.4, 0.5) is 15.1 Å². The number of esters is 1. The van der Waals surface area contributed by atoms with Crippen LogP contribution in [0.15, 0.2) is 55.0 Å². The van der Waals surface area contributed by atoms with Crippen molar-refractivity contribution in [3.63, 3.8) is 0 Å². The van der Waals surface area contributed by atoms with Crippen LogP contribution in [0.3, 0.4) is 0 Å². The molecule has 0 aliphatic carbocycles. The summed E-state index contributed by atoms with van der Waals surface area (Å²) in [5.74, 6) is -0.580. The summed E-state index contributed by atoms with van der Waals surface area (Å²) in [6.07, 6.45) is 3.55. The third-order valence-electron chi connectivity index (χ3n) is 5.38. The van der Waals surface area contributed by atoms with Crippen molar-refractivity contribution in [2.75, 3.05) is 23.2 Å². The highest BCUT2D eigenvalue weighted by Crippen LogP contribution is 2.42. The van der Waals surface area contributed by atoms with E-state index in [0.29, 0.717) is 16.2 Å². The van der Waals surface area contributed by atoms with E-state index >= 15 is 0 Å². The van der Waals surface area contributed by atoms with Gasteiger partial charge in [0, 0.05) is 11.1 Å². The number of thiophene rings is 1. The first kappa shape index (κ1) is 26.2. The molecule has 9 nitrogen and oxygen atoms in total. The number of carbonyl (C=O) groups is 1. The quantitative estimate of drug-likeness (QED) is 0.276. The van der Waals surface area contributed by atoms with Gasteiger partial charge in [-0.1, -0.05) is 6.07 Å². The lowest BCUT2D eigenvalue weighted by atomic mass is 10.1. The molecule has 4 aromatic rings. The van der Waals surface area contributed by atoms with Crippen molar-refractivity contribution in [2.24, 2.45) is 0 Å². The monoisotopic (exact) mass is 544 g/mol. The maximum absolute atomic E-state index is 13.2. The van der Waals surface area contributed by atoms with Gasteiger partial charge in [0.25, 0.3) is 0 Å². The fraction of sp³-hybridized carbons (Fsp3) is 0.200. The Morgan fingerprint density at radius 3 is 2.49 bits per heavy atom. The molecule has 0 saturated carbocycles. The molecular weight excluding hydrogens is 519 g/mol. The summed E-state index contributed by atoms with van der Waals surface area (Å²) < 4.78 is 56.3. The van der Waals surface area contributed by atoms with Crippen LogP contribution in [0.1, 0.15) is 28.5 Å². The molecule has 2 aromatic heterocycles. The van der Waals surface area contributed by atoms with Crippen molar-refractivity contribution in [1.82, 2.24) is 9.55 Å². The Morgan fingerprint density at radius 2 is 1.86 bits per heavy atom. The lowest BCUT2D eigenvalue weighted by molar-refractivity contribution is 0.0527. The third kappa shape index (κ3) is 5.75. The maximum atomic E-state index is 13.2. The van der Waals surface area contributed by atoms with Crippen LogP contribution in [0.5, 0.6) is 5.75 Å². The number of halogens is 1. The van der Waals surface area contributed by atoms with Gasteiger partial charge in [-0.25, -0.2) is 14.2 Å². The molecule has 0 bridgehead atoms. The molecule has 0 amide bonds. The fourth-order valence-electron chi connectivity index (χ4n) is 3.72. The minimum absolute atomic E-state index is 0.0915. The summed E-state index contributed by atoms with van der Waals surface area (Å²) >= 11 is 1.09. The number of carbonyl (C=O) groups excluding carboxylic acids is 1. The summed E-state index contributed by atoms with van der Waals surface area (Å²) in [5.41, 5.74) is 3.18. The van der Waals surface area contributed by atoms with Crippen molar-refractivity contribution in [3.05, 3.63) is 77.6 Å². The summed E-state index contributed by atoms with van der Waals surface area (Å²) in [5, 5.41) is 0.0915. The third-order valence-corrected chi connectivity index (χ3v) is 7.74. The molecule has 0 atom stereocenters. The number of methoxy groups -OCH3 is 1. The molecule has 0 radical (unpaired) electrons. The topological polar surface area (TPSA) is 112 Å². The number of benzene rings is 2. The minimum Gasteiger partial charge on any atom is -0.495 e. The highest BCUT2D eigenvalue weighted by atomic mass is 32.2. The van der Waals surface area contributed by atoms with Gasteiger partial charge in [0.2, 0.25) is 0 Å². The Kier molecular flexibility index (Phi) is 7.50. The molecule has 0 aliphatic heterocycles. The van der Waals surface area contributed by atoms with Gasteiger partial charge in [0.1, 0.15) is 16.6 Å². The predicted molar refractivity (Wildman–Crippen MR) is 141 cm³/mol. The van der Waals surface area contributed by atoms with Crippen molar-refractivity contribution >= 4 is 38.2 Å². The Hall–Kier alpha value is -3.90. The van der Waals surface area contributed by atoms with Gasteiger partial charge in [0.15, 0.2) is 0 Å². The lowest BCUT2D eigenvalue weighted by Gasteiger charge is -2.11. The SMILES string of the molecule is CCOC(=O)c1c(NS(=O)(=O)Nc2ccc(F)cc2)sc(-c2ccc(-n3cnc(C)c3)c(OC)c2)c1C. The average molecular weight is 545 g/mol. The molecule has 2 heterocycles. The Labute approximate surface area is 218 Å². The van der Waals surface area contributed by atoms with Gasteiger partial charge in [0.05, 0.1) is 42.7 Å². The number of hydrogen-bond donors (Lipinski definition) is 2. The van der Waals surface area contributed by atoms with E-state index in [9.17, 15) is 17.6 Å². The number of nitrogens with one attached hydrogen (secondary N) is 2. The zero-order valence-electron chi connectivity index (χ0n) is 20.5. The molecular formula is C25H25FN4O5S2. The van der Waals surface area contributed by atoms with E-state index in [2.05, 4.69) is 14.4 Å². The van der Waals surface area contributed by atoms with Crippen LogP contribution in [0.2, 0.25) is 0 Å². The number of aromatic nitrogens is 2. The van der Waals surface area contributed by atoms with Crippen LogP contribution in [0, 0.1) is 19.7 Å². The molecule has 0 saturated heterocycles. The molecule has 4 rings (SSSR count). The Morgan fingerprint density at radius 1 is 1.14 bits per heavy atom. The fourth-order valence-corrected chi connectivity index (χ4v) is 6.10. The molecule has 0 spiro atoms. The van der Waals surface area contributed by atoms with E-state index in [1.165, 1.54) is 12.1 Å². The lowest BCUT2D eigenvalue weighted by Crippen LogP contribution is -2.22. The van der Waals surface area contributed by atoms with Crippen molar-refractivity contribution in [3.8, 4) is 21.9 Å². The smallest absolute Gasteiger partial charge is 0.341 e. The largest absolute Gasteiger partial charge is 0.495 e. The van der Waals surface area contributed by atoms with Crippen LogP contribution >= 0.6 is 11.3 Å². The number of aryl methyl sites for hydroxylation is 1. The number of rotatable bonds is 9. The Bertz CT molecular complexity index is 1550. The highest BCUT2D eigenvalue weighted by Gasteiger charge is 2.26. The van der Waals surface area contributed by atoms with Gasteiger partial charge < -0.3 is 14.0 Å². The summed E-state index contributed by atoms with van der Waals surface area (Å²) in [6.45, 7) is 5.40. The molecule has 2 aromatic carbocycles. The molecule has 2 N–H and O–H groups in total. The summed E-state index contributed by atoms with van der Waals surface area (Å²) in [6, 6.07) is 10.4. The van der Waals surface area contributed by atoms with Crippen molar-refractivity contribution < 1.29 is 27.1 Å². The number of nitrogens with zero attached hydrogens (tertiary/aromatic N) is 2. The van der Waals surface area contributed by atoms with Gasteiger partial charge in [-0.15, -0.1) is 11.3 Å². The summed E-state index contributed by atoms with van der Waals surface area (Å²) in [7, 11) is -2.61. The number of hydrogen-bond acceptors (Lipinski definition) is 7. The van der Waals surface area contributed by atoms with E-state index < -0.39 is 22.0 Å². The second-order valence-electron chi connectivity index (χ2n) is 8.00. The maximum Gasteiger partial charge on any atom is 0.341 e. The van der Waals surface area contributed by atoms with Gasteiger partial charge in [-0.2, -0.15) is 8.42 Å². The van der Waals surface area contributed by atoms with E-state index in [4.69, 9.17) is 9.47 Å². The molecule has 194 valence electrons. The highest BCUT2D eigenvalue weighted by molar-refractivity contribution is 7.94. The first-order valence-electron chi connectivity index (χ1n) is 11.2. The average Bonchev–Trinajstić information content (AvgIpc) is 3.42. The molecule has 0 unspecified atom stereocenters. The van der Waals surface area contributed by atoms with E-state index in [0.717, 1.165) is 40.4 Å². The molecule has 37 heavy (non-hydrogen) atoms. The van der Waals surface area contributed by atoms with E-state index in [-0.39, 0.29) is 22.9 Å². The van der Waals surface area contributed by atoms with Crippen molar-refractivity contribution in [1.29, 1.82) is 0 Å². The van der Waals surface area contributed by atoms with Crippen LogP contribution in [-0.2, 0) is 14.9 Å². The normalized spacial score (nSPS) is 11.3. The molecule has 12 heteroatoms. The zero-order valence-corrected chi connectivity index (χ0v) is 22.2. The second-order valence-corrected chi connectivity index (χ2v) is 10.4. The van der Waals surface area contributed by atoms with E-state index in [1.54, 1.807) is 27.3 Å². The number of ether oxygens (including phenoxy) is 2. The van der Waals surface area contributed by atoms with Crippen LogP contribution in [-0.4, -0.2) is 37.7 Å². The molecule has 0 aliphatic rings. The second kappa shape index (κ2) is 10.6. The van der Waals surface area contributed by atoms with Crippen LogP contribution < -0.4 is 14.2 Å². The van der Waals surface area contributed by atoms with Gasteiger partial charge in [-0.3, -0.25) is 9.44 Å². The van der Waals surface area contributed by atoms with Gasteiger partial charge in [-0.05, 0) is 68.3 Å². The summed E-state index contributed by atoms with van der Waals surface area (Å²) in [4.78, 5) is 17.7. The standard InChI is InChI=1S/C25H25FN4O5S2/c1-5-35-25(31)22-16(3)23(17-6-11-20(21(12-17)34-4)30-13-15(2)27-14-30)36-24(22)29-37(32,33)28-19-9-7-18(26)8-10-19/h6-14,28-29H,5H2,1-4H3. The predicted octanol–water partition coefficient (Wildman–Crippen LogP) is 5.31. The van der Waals surface area contributed by atoms with Gasteiger partial charge >= 0.3 is 16.2 Å². The first-order valence-corrected chi connectivity index (χ1v) is 13.5. The van der Waals surface area contributed by atoms with E-state index in [1.807, 2.05) is 35.9 Å². The van der Waals surface area contributed by atoms with Crippen LogP contribution in [0.25, 0.3) is 16.1 Å². The number of imidazole rings is 1. The molecule has 0 fully saturated rings.